The Morgan fingerprint density at radius 3 is 2.68 bits per heavy atom. The van der Waals surface area contributed by atoms with Gasteiger partial charge < -0.3 is 20.7 Å². The number of aromatic nitrogens is 2. The average Bonchev–Trinajstić information content (AvgIpc) is 2.67. The predicted octanol–water partition coefficient (Wildman–Crippen LogP) is 1.94. The summed E-state index contributed by atoms with van der Waals surface area (Å²) in [6.45, 7) is 4.99. The topological polar surface area (TPSA) is 105 Å². The number of hydrogen-bond donors (Lipinski definition) is 3. The van der Waals surface area contributed by atoms with Crippen LogP contribution in [0.25, 0.3) is 0 Å². The van der Waals surface area contributed by atoms with Crippen LogP contribution in [0.4, 0.5) is 17.2 Å². The van der Waals surface area contributed by atoms with E-state index < -0.39 is 11.2 Å². The van der Waals surface area contributed by atoms with Crippen molar-refractivity contribution in [1.29, 1.82) is 0 Å². The molecule has 1 aromatic carbocycles. The monoisotopic (exact) mass is 405 g/mol. The lowest BCUT2D eigenvalue weighted by Gasteiger charge is -2.27. The van der Waals surface area contributed by atoms with Gasteiger partial charge in [0.25, 0.3) is 5.56 Å². The quantitative estimate of drug-likeness (QED) is 0.576. The fraction of sp³-hybridized carbons (Fsp3) is 0.421. The van der Waals surface area contributed by atoms with Crippen molar-refractivity contribution in [3.05, 3.63) is 50.7 Å². The number of aryl methyl sites for hydroxylation is 1. The van der Waals surface area contributed by atoms with E-state index in [1.165, 1.54) is 4.57 Å². The van der Waals surface area contributed by atoms with Crippen molar-refractivity contribution in [2.24, 2.45) is 0 Å². The molecule has 0 spiro atoms. The van der Waals surface area contributed by atoms with Crippen molar-refractivity contribution in [2.45, 2.75) is 33.2 Å². The van der Waals surface area contributed by atoms with Gasteiger partial charge >= 0.3 is 5.69 Å². The lowest BCUT2D eigenvalue weighted by molar-refractivity contribution is 0.208. The minimum atomic E-state index is -0.584. The maximum Gasteiger partial charge on any atom is 0.330 e. The average molecular weight is 406 g/mol. The summed E-state index contributed by atoms with van der Waals surface area (Å²) in [4.78, 5) is 28.6. The number of H-pyrrole nitrogens is 1. The van der Waals surface area contributed by atoms with Crippen LogP contribution in [0.15, 0.2) is 33.9 Å². The highest BCUT2D eigenvalue weighted by Crippen LogP contribution is 2.21. The van der Waals surface area contributed by atoms with E-state index in [0.717, 1.165) is 17.7 Å². The molecule has 0 unspecified atom stereocenters. The Morgan fingerprint density at radius 2 is 2.04 bits per heavy atom. The number of nitrogen functional groups attached to an aromatic ring is 1. The molecule has 0 bridgehead atoms. The second-order valence-electron chi connectivity index (χ2n) is 6.23. The van der Waals surface area contributed by atoms with Crippen LogP contribution in [0.5, 0.6) is 0 Å². The molecule has 0 atom stereocenters. The fourth-order valence-electron chi connectivity index (χ4n) is 2.91. The summed E-state index contributed by atoms with van der Waals surface area (Å²) in [6.07, 6.45) is 1.52. The Hall–Kier alpha value is -2.65. The number of ether oxygens (including phenoxy) is 1. The minimum Gasteiger partial charge on any atom is -0.383 e. The van der Waals surface area contributed by atoms with E-state index in [2.05, 4.69) is 17.2 Å². The first-order valence-corrected chi connectivity index (χ1v) is 9.63. The molecule has 0 aliphatic heterocycles. The van der Waals surface area contributed by atoms with Crippen LogP contribution < -0.4 is 27.2 Å². The van der Waals surface area contributed by atoms with E-state index in [-0.39, 0.29) is 11.5 Å². The molecule has 9 heteroatoms. The predicted molar refractivity (Wildman–Crippen MR) is 117 cm³/mol. The molecule has 2 aromatic rings. The third kappa shape index (κ3) is 4.79. The third-order valence-electron chi connectivity index (χ3n) is 4.34. The van der Waals surface area contributed by atoms with Crippen LogP contribution in [-0.2, 0) is 17.7 Å². The molecule has 8 nitrogen and oxygen atoms in total. The van der Waals surface area contributed by atoms with Crippen LogP contribution in [0.1, 0.15) is 25.8 Å². The van der Waals surface area contributed by atoms with Gasteiger partial charge in [0.2, 0.25) is 0 Å². The molecule has 28 heavy (non-hydrogen) atoms. The first kappa shape index (κ1) is 21.6. The van der Waals surface area contributed by atoms with E-state index in [9.17, 15) is 9.59 Å². The van der Waals surface area contributed by atoms with E-state index >= 15 is 0 Å². The van der Waals surface area contributed by atoms with Gasteiger partial charge in [-0.1, -0.05) is 32.0 Å². The van der Waals surface area contributed by atoms with Gasteiger partial charge in [-0.25, -0.2) is 4.79 Å². The Bertz CT molecular complexity index is 938. The Labute approximate surface area is 169 Å². The zero-order valence-electron chi connectivity index (χ0n) is 16.4. The molecule has 0 aliphatic carbocycles. The number of methoxy groups -OCH3 is 1. The number of anilines is 3. The SMILES string of the molecule is CCCn1c(N)c(N(CCOC)C(=S)Nc2ccccc2CC)c(=O)[nH]c1=O. The number of hydrogen-bond acceptors (Lipinski definition) is 5. The van der Waals surface area contributed by atoms with E-state index in [1.54, 1.807) is 12.0 Å². The first-order chi connectivity index (χ1) is 13.4. The highest BCUT2D eigenvalue weighted by molar-refractivity contribution is 7.80. The molecule has 4 N–H and O–H groups in total. The summed E-state index contributed by atoms with van der Waals surface area (Å²) in [5.41, 5.74) is 7.17. The minimum absolute atomic E-state index is 0.0830. The van der Waals surface area contributed by atoms with E-state index in [0.29, 0.717) is 31.2 Å². The number of thiocarbonyl (C=S) groups is 1. The number of para-hydroxylation sites is 1. The van der Waals surface area contributed by atoms with Gasteiger partial charge in [-0.15, -0.1) is 0 Å². The highest BCUT2D eigenvalue weighted by Gasteiger charge is 2.22. The maximum atomic E-state index is 12.6. The van der Waals surface area contributed by atoms with Crippen LogP contribution in [0.2, 0.25) is 0 Å². The van der Waals surface area contributed by atoms with Crippen LogP contribution in [0.3, 0.4) is 0 Å². The summed E-state index contributed by atoms with van der Waals surface area (Å²) in [7, 11) is 1.56. The Balaban J connectivity index is 2.49. The maximum absolute atomic E-state index is 12.6. The summed E-state index contributed by atoms with van der Waals surface area (Å²) < 4.78 is 6.52. The third-order valence-corrected chi connectivity index (χ3v) is 4.66. The lowest BCUT2D eigenvalue weighted by Crippen LogP contribution is -2.44. The van der Waals surface area contributed by atoms with Crippen molar-refractivity contribution in [3.63, 3.8) is 0 Å². The smallest absolute Gasteiger partial charge is 0.330 e. The second-order valence-corrected chi connectivity index (χ2v) is 6.62. The molecule has 0 saturated carbocycles. The van der Waals surface area contributed by atoms with Crippen molar-refractivity contribution in [3.8, 4) is 0 Å². The molecule has 2 rings (SSSR count). The van der Waals surface area contributed by atoms with E-state index in [4.69, 9.17) is 22.7 Å². The fourth-order valence-corrected chi connectivity index (χ4v) is 3.21. The van der Waals surface area contributed by atoms with Crippen molar-refractivity contribution < 1.29 is 4.74 Å². The molecule has 0 radical (unpaired) electrons. The summed E-state index contributed by atoms with van der Waals surface area (Å²) in [6, 6.07) is 7.80. The number of nitrogens with zero attached hydrogens (tertiary/aromatic N) is 2. The summed E-state index contributed by atoms with van der Waals surface area (Å²) in [5.74, 6) is 0.0830. The van der Waals surface area contributed by atoms with Gasteiger partial charge in [0, 0.05) is 25.9 Å². The zero-order chi connectivity index (χ0) is 20.7. The van der Waals surface area contributed by atoms with Gasteiger partial charge in [-0.2, -0.15) is 0 Å². The van der Waals surface area contributed by atoms with Crippen molar-refractivity contribution >= 4 is 34.5 Å². The largest absolute Gasteiger partial charge is 0.383 e. The van der Waals surface area contributed by atoms with Gasteiger partial charge in [0.1, 0.15) is 5.82 Å². The number of nitrogens with two attached hydrogens (primary N) is 1. The highest BCUT2D eigenvalue weighted by atomic mass is 32.1. The molecule has 1 aromatic heterocycles. The molecular weight excluding hydrogens is 378 g/mol. The molecular formula is C19H27N5O3S. The number of nitrogens with one attached hydrogen (secondary N) is 2. The van der Waals surface area contributed by atoms with Gasteiger partial charge in [0.05, 0.1) is 6.61 Å². The number of aromatic amines is 1. The standard InChI is InChI=1S/C19H27N5O3S/c1-4-10-24-16(20)15(17(25)22-18(24)26)23(11-12-27-3)19(28)21-14-9-7-6-8-13(14)5-2/h6-9H,4-5,10-12,20H2,1-3H3,(H,21,28)(H,22,25,26). The number of benzene rings is 1. The lowest BCUT2D eigenvalue weighted by atomic mass is 10.1. The first-order valence-electron chi connectivity index (χ1n) is 9.22. The Morgan fingerprint density at radius 1 is 1.32 bits per heavy atom. The van der Waals surface area contributed by atoms with Gasteiger partial charge in [-0.3, -0.25) is 14.3 Å². The molecule has 152 valence electrons. The van der Waals surface area contributed by atoms with Crippen LogP contribution in [0, 0.1) is 0 Å². The molecule has 0 amide bonds. The van der Waals surface area contributed by atoms with E-state index in [1.807, 2.05) is 31.2 Å². The number of rotatable bonds is 8. The van der Waals surface area contributed by atoms with Gasteiger partial charge in [-0.05, 0) is 36.7 Å². The summed E-state index contributed by atoms with van der Waals surface area (Å²) in [5, 5.41) is 3.50. The van der Waals surface area contributed by atoms with Crippen molar-refractivity contribution in [2.75, 3.05) is 36.2 Å². The van der Waals surface area contributed by atoms with Gasteiger partial charge in [0.15, 0.2) is 10.8 Å². The summed E-state index contributed by atoms with van der Waals surface area (Å²) >= 11 is 5.58. The second kappa shape index (κ2) is 10.0. The normalized spacial score (nSPS) is 10.7. The molecule has 1 heterocycles. The molecule has 0 aliphatic rings. The molecule has 0 saturated heterocycles. The zero-order valence-corrected chi connectivity index (χ0v) is 17.3. The Kier molecular flexibility index (Phi) is 7.77. The molecule has 0 fully saturated rings. The van der Waals surface area contributed by atoms with Crippen LogP contribution >= 0.6 is 12.2 Å². The van der Waals surface area contributed by atoms with Crippen LogP contribution in [-0.4, -0.2) is 34.9 Å². The van der Waals surface area contributed by atoms with Crippen molar-refractivity contribution in [1.82, 2.24) is 9.55 Å².